The van der Waals surface area contributed by atoms with Gasteiger partial charge in [-0.25, -0.2) is 4.79 Å². The van der Waals surface area contributed by atoms with Crippen LogP contribution >= 0.6 is 0 Å². The van der Waals surface area contributed by atoms with E-state index in [0.29, 0.717) is 23.2 Å². The van der Waals surface area contributed by atoms with Crippen LogP contribution in [0.4, 0.5) is 10.5 Å². The van der Waals surface area contributed by atoms with Crippen LogP contribution in [0.1, 0.15) is 57.4 Å². The Kier molecular flexibility index (Phi) is 7.74. The number of hydrogen-bond donors (Lipinski definition) is 1. The Morgan fingerprint density at radius 2 is 1.97 bits per heavy atom. The summed E-state index contributed by atoms with van der Waals surface area (Å²) in [7, 11) is 0. The van der Waals surface area contributed by atoms with Gasteiger partial charge in [-0.15, -0.1) is 6.58 Å². The monoisotopic (exact) mass is 415 g/mol. The van der Waals surface area contributed by atoms with Crippen molar-refractivity contribution < 1.29 is 23.9 Å². The number of carbonyl (C=O) groups is 3. The van der Waals surface area contributed by atoms with Crippen LogP contribution in [-0.2, 0) is 20.8 Å². The molecule has 1 aromatic carbocycles. The maximum Gasteiger partial charge on any atom is 0.411 e. The van der Waals surface area contributed by atoms with Gasteiger partial charge in [0, 0.05) is 18.0 Å². The Balaban J connectivity index is 2.18. The number of nitrogens with one attached hydrogen (secondary N) is 1. The minimum absolute atomic E-state index is 0.155. The Morgan fingerprint density at radius 1 is 1.23 bits per heavy atom. The van der Waals surface area contributed by atoms with Crippen LogP contribution in [0.25, 0.3) is 10.9 Å². The lowest BCUT2D eigenvalue weighted by Gasteiger charge is -2.19. The molecule has 0 bridgehead atoms. The number of aromatic nitrogens is 2. The number of nitrogens with zero attached hydrogens (tertiary/aromatic N) is 2. The van der Waals surface area contributed by atoms with E-state index in [9.17, 15) is 14.4 Å². The van der Waals surface area contributed by atoms with Gasteiger partial charge < -0.3 is 9.47 Å². The van der Waals surface area contributed by atoms with Crippen molar-refractivity contribution in [2.75, 3.05) is 11.9 Å². The molecule has 2 rings (SSSR count). The van der Waals surface area contributed by atoms with Crippen molar-refractivity contribution in [1.82, 2.24) is 9.78 Å². The minimum Gasteiger partial charge on any atom is -0.459 e. The number of ketones is 1. The molecule has 0 saturated carbocycles. The first-order valence-corrected chi connectivity index (χ1v) is 9.88. The predicted octanol–water partition coefficient (Wildman–Crippen LogP) is 4.49. The van der Waals surface area contributed by atoms with Crippen molar-refractivity contribution in [3.63, 3.8) is 0 Å². The second-order valence-corrected chi connectivity index (χ2v) is 7.93. The number of ether oxygens (including phenoxy) is 2. The zero-order valence-electron chi connectivity index (χ0n) is 18.0. The van der Waals surface area contributed by atoms with Crippen molar-refractivity contribution in [1.29, 1.82) is 0 Å². The maximum atomic E-state index is 12.2. The number of unbranched alkanes of at least 4 members (excludes halogenated alkanes) is 2. The van der Waals surface area contributed by atoms with Gasteiger partial charge in [0.05, 0.1) is 12.1 Å². The van der Waals surface area contributed by atoms with Crippen molar-refractivity contribution >= 4 is 34.4 Å². The molecule has 0 atom stereocenters. The number of rotatable bonds is 9. The summed E-state index contributed by atoms with van der Waals surface area (Å²) in [6.45, 7) is 10.5. The van der Waals surface area contributed by atoms with E-state index in [0.717, 1.165) is 19.3 Å². The first-order chi connectivity index (χ1) is 14.1. The van der Waals surface area contributed by atoms with E-state index in [1.54, 1.807) is 39.0 Å². The fourth-order valence-electron chi connectivity index (χ4n) is 2.84. The van der Waals surface area contributed by atoms with Gasteiger partial charge in [0.15, 0.2) is 5.78 Å². The molecule has 2 aromatic rings. The molecule has 0 aliphatic heterocycles. The van der Waals surface area contributed by atoms with Crippen molar-refractivity contribution in [2.24, 2.45) is 0 Å². The van der Waals surface area contributed by atoms with Gasteiger partial charge in [-0.1, -0.05) is 6.08 Å². The first kappa shape index (κ1) is 23.1. The van der Waals surface area contributed by atoms with Gasteiger partial charge in [0.1, 0.15) is 17.8 Å². The molecule has 0 aliphatic rings. The molecule has 162 valence electrons. The Bertz CT molecular complexity index is 940. The zero-order valence-corrected chi connectivity index (χ0v) is 18.0. The molecule has 0 saturated heterocycles. The van der Waals surface area contributed by atoms with E-state index >= 15 is 0 Å². The lowest BCUT2D eigenvalue weighted by molar-refractivity contribution is -0.155. The van der Waals surface area contributed by atoms with E-state index in [1.807, 2.05) is 6.08 Å². The number of carbonyl (C=O) groups excluding carboxylic acids is 3. The number of esters is 1. The second kappa shape index (κ2) is 10.0. The standard InChI is InChI=1S/C22H29N3O5/c1-6-7-8-9-12-29-21(28)23-16-10-11-17-18(13-16)25(24-20(17)15(2)26)14-19(27)30-22(3,4)5/h6,10-11,13H,1,7-9,12,14H2,2-5H3,(H,23,28). The second-order valence-electron chi connectivity index (χ2n) is 7.93. The van der Waals surface area contributed by atoms with E-state index in [4.69, 9.17) is 9.47 Å². The third kappa shape index (κ3) is 6.72. The van der Waals surface area contributed by atoms with Gasteiger partial charge in [0.2, 0.25) is 0 Å². The fraction of sp³-hybridized carbons (Fsp3) is 0.455. The average Bonchev–Trinajstić information content (AvgIpc) is 2.98. The molecule has 8 nitrogen and oxygen atoms in total. The number of Topliss-reactive ketones (excluding diaryl/α,β-unsaturated/α-hetero) is 1. The summed E-state index contributed by atoms with van der Waals surface area (Å²) in [5, 5.41) is 7.52. The Labute approximate surface area is 176 Å². The molecule has 0 radical (unpaired) electrons. The molecule has 0 spiro atoms. The van der Waals surface area contributed by atoms with Crippen LogP contribution in [0.15, 0.2) is 30.9 Å². The maximum absolute atomic E-state index is 12.2. The summed E-state index contributed by atoms with van der Waals surface area (Å²) in [5.41, 5.74) is 0.629. The normalized spacial score (nSPS) is 11.2. The molecule has 1 aromatic heterocycles. The number of benzene rings is 1. The zero-order chi connectivity index (χ0) is 22.3. The average molecular weight is 415 g/mol. The van der Waals surface area contributed by atoms with Crippen LogP contribution in [-0.4, -0.2) is 39.8 Å². The summed E-state index contributed by atoms with van der Waals surface area (Å²) in [5.74, 6) is -0.693. The van der Waals surface area contributed by atoms with Crippen LogP contribution in [0, 0.1) is 0 Å². The number of allylic oxidation sites excluding steroid dienone is 1. The van der Waals surface area contributed by atoms with Crippen LogP contribution in [0.2, 0.25) is 0 Å². The van der Waals surface area contributed by atoms with Crippen molar-refractivity contribution in [2.45, 2.75) is 59.1 Å². The molecule has 0 unspecified atom stereocenters. The summed E-state index contributed by atoms with van der Waals surface area (Å²) in [6.07, 6.45) is 3.79. The highest BCUT2D eigenvalue weighted by atomic mass is 16.6. The lowest BCUT2D eigenvalue weighted by Crippen LogP contribution is -2.26. The number of fused-ring (bicyclic) bond motifs is 1. The number of amides is 1. The third-order valence-electron chi connectivity index (χ3n) is 4.07. The van der Waals surface area contributed by atoms with Gasteiger partial charge >= 0.3 is 12.1 Å². The van der Waals surface area contributed by atoms with Gasteiger partial charge in [-0.3, -0.25) is 19.6 Å². The molecule has 1 amide bonds. The molecule has 1 heterocycles. The number of anilines is 1. The quantitative estimate of drug-likeness (QED) is 0.280. The molecular formula is C22H29N3O5. The highest BCUT2D eigenvalue weighted by Gasteiger charge is 2.20. The smallest absolute Gasteiger partial charge is 0.411 e. The van der Waals surface area contributed by atoms with Gasteiger partial charge in [-0.2, -0.15) is 5.10 Å². The largest absolute Gasteiger partial charge is 0.459 e. The van der Waals surface area contributed by atoms with Crippen LogP contribution < -0.4 is 5.32 Å². The Morgan fingerprint density at radius 3 is 2.60 bits per heavy atom. The van der Waals surface area contributed by atoms with E-state index < -0.39 is 17.7 Å². The molecule has 0 fully saturated rings. The van der Waals surface area contributed by atoms with Crippen LogP contribution in [0.3, 0.4) is 0 Å². The molecule has 1 N–H and O–H groups in total. The van der Waals surface area contributed by atoms with Crippen molar-refractivity contribution in [3.05, 3.63) is 36.5 Å². The van der Waals surface area contributed by atoms with Gasteiger partial charge in [0.25, 0.3) is 0 Å². The molecular weight excluding hydrogens is 386 g/mol. The first-order valence-electron chi connectivity index (χ1n) is 9.88. The summed E-state index contributed by atoms with van der Waals surface area (Å²) in [4.78, 5) is 36.2. The highest BCUT2D eigenvalue weighted by Crippen LogP contribution is 2.24. The molecule has 0 aliphatic carbocycles. The SMILES string of the molecule is C=CCCCCOC(=O)Nc1ccc2c(C(C)=O)nn(CC(=O)OC(C)(C)C)c2c1. The topological polar surface area (TPSA) is 99.5 Å². The van der Waals surface area contributed by atoms with Crippen LogP contribution in [0.5, 0.6) is 0 Å². The predicted molar refractivity (Wildman–Crippen MR) is 115 cm³/mol. The van der Waals surface area contributed by atoms with E-state index in [-0.39, 0.29) is 18.0 Å². The minimum atomic E-state index is -0.633. The van der Waals surface area contributed by atoms with E-state index in [2.05, 4.69) is 17.0 Å². The van der Waals surface area contributed by atoms with Crippen molar-refractivity contribution in [3.8, 4) is 0 Å². The summed E-state index contributed by atoms with van der Waals surface area (Å²) in [6, 6.07) is 5.00. The van der Waals surface area contributed by atoms with E-state index in [1.165, 1.54) is 11.6 Å². The van der Waals surface area contributed by atoms with Gasteiger partial charge in [-0.05, 0) is 58.2 Å². The summed E-state index contributed by atoms with van der Waals surface area (Å²) >= 11 is 0. The lowest BCUT2D eigenvalue weighted by atomic mass is 10.1. The molecule has 30 heavy (non-hydrogen) atoms. The fourth-order valence-corrected chi connectivity index (χ4v) is 2.84. The highest BCUT2D eigenvalue weighted by molar-refractivity contribution is 6.06. The summed E-state index contributed by atoms with van der Waals surface area (Å²) < 4.78 is 11.9. The third-order valence-corrected chi connectivity index (χ3v) is 4.07. The number of hydrogen-bond acceptors (Lipinski definition) is 6. The molecule has 8 heteroatoms. The Hall–Kier alpha value is -3.16.